The Bertz CT molecular complexity index is 1520. The largest absolute Gasteiger partial charge is 0.486 e. The van der Waals surface area contributed by atoms with E-state index in [-0.39, 0.29) is 18.5 Å². The topological polar surface area (TPSA) is 113 Å². The lowest BCUT2D eigenvalue weighted by atomic mass is 9.83. The van der Waals surface area contributed by atoms with E-state index in [2.05, 4.69) is 0 Å². The highest BCUT2D eigenvalue weighted by molar-refractivity contribution is 6.51. The van der Waals surface area contributed by atoms with Crippen molar-refractivity contribution in [3.8, 4) is 0 Å². The van der Waals surface area contributed by atoms with Crippen molar-refractivity contribution in [2.24, 2.45) is 10.8 Å². The van der Waals surface area contributed by atoms with E-state index in [1.54, 1.807) is 44.6 Å². The van der Waals surface area contributed by atoms with Gasteiger partial charge in [0.15, 0.2) is 0 Å². The molecule has 0 N–H and O–H groups in total. The summed E-state index contributed by atoms with van der Waals surface area (Å²) in [4.78, 5) is 44.2. The van der Waals surface area contributed by atoms with Crippen molar-refractivity contribution in [3.05, 3.63) is 59.7 Å². The Morgan fingerprint density at radius 3 is 2.09 bits per heavy atom. The first-order valence-corrected chi connectivity index (χ1v) is 15.9. The molecular weight excluding hydrogens is 599 g/mol. The fourth-order valence-electron chi connectivity index (χ4n) is 5.04. The smallest absolute Gasteiger partial charge is 0.468 e. The standard InChI is InChI=1S/C36H51BN2O8/c1-32(2,3)45-31(42)39(22-20-36(10)35(8,9)46-37(47-36)21-19-34(6,7)30(41)44-12)24-27-16-15-26-14-13-25(23-28(26)38-27)17-18-33(4,5)29(40)43-11/h13-19,21,23H,20,22,24H2,1-12H3/b18-17+,21-19+. The number of pyridine rings is 1. The number of amides is 1. The van der Waals surface area contributed by atoms with Gasteiger partial charge < -0.3 is 28.4 Å². The number of carbonyl (C=O) groups excluding carboxylic acids is 3. The summed E-state index contributed by atoms with van der Waals surface area (Å²) in [6.07, 6.45) is 5.40. The Kier molecular flexibility index (Phi) is 11.4. The molecule has 1 fully saturated rings. The number of benzene rings is 1. The van der Waals surface area contributed by atoms with Crippen LogP contribution in [0.5, 0.6) is 0 Å². The van der Waals surface area contributed by atoms with Crippen molar-refractivity contribution in [1.82, 2.24) is 9.88 Å². The van der Waals surface area contributed by atoms with Gasteiger partial charge in [-0.1, -0.05) is 42.4 Å². The molecule has 0 bridgehead atoms. The molecular formula is C36H51BN2O8. The third-order valence-corrected chi connectivity index (χ3v) is 8.48. The van der Waals surface area contributed by atoms with Crippen LogP contribution in [0.2, 0.25) is 0 Å². The Balaban J connectivity index is 1.84. The first kappa shape index (κ1) is 37.8. The normalized spacial score (nSPS) is 18.6. The Hall–Kier alpha value is -3.70. The van der Waals surface area contributed by atoms with E-state index in [9.17, 15) is 14.4 Å². The van der Waals surface area contributed by atoms with E-state index in [0.717, 1.165) is 16.5 Å². The summed E-state index contributed by atoms with van der Waals surface area (Å²) >= 11 is 0. The lowest BCUT2D eigenvalue weighted by Gasteiger charge is -2.38. The van der Waals surface area contributed by atoms with Crippen LogP contribution in [0.25, 0.3) is 17.0 Å². The van der Waals surface area contributed by atoms with Crippen molar-refractivity contribution in [2.75, 3.05) is 20.8 Å². The van der Waals surface area contributed by atoms with E-state index >= 15 is 0 Å². The highest BCUT2D eigenvalue weighted by Gasteiger charge is 2.53. The molecule has 1 aromatic heterocycles. The number of aromatic nitrogens is 1. The number of fused-ring (bicyclic) bond motifs is 1. The number of methoxy groups -OCH3 is 2. The van der Waals surface area contributed by atoms with E-state index in [1.807, 2.05) is 84.0 Å². The predicted molar refractivity (Wildman–Crippen MR) is 183 cm³/mol. The molecule has 1 saturated heterocycles. The molecule has 256 valence electrons. The van der Waals surface area contributed by atoms with Crippen LogP contribution < -0.4 is 0 Å². The van der Waals surface area contributed by atoms with Crippen molar-refractivity contribution < 1.29 is 37.9 Å². The van der Waals surface area contributed by atoms with Crippen LogP contribution in [-0.2, 0) is 39.7 Å². The monoisotopic (exact) mass is 650 g/mol. The molecule has 10 nitrogen and oxygen atoms in total. The average molecular weight is 651 g/mol. The molecule has 3 rings (SSSR count). The Labute approximate surface area is 280 Å². The predicted octanol–water partition coefficient (Wildman–Crippen LogP) is 6.94. The van der Waals surface area contributed by atoms with Gasteiger partial charge in [0.2, 0.25) is 0 Å². The molecule has 0 aliphatic carbocycles. The molecule has 1 aromatic carbocycles. The Morgan fingerprint density at radius 2 is 1.49 bits per heavy atom. The minimum Gasteiger partial charge on any atom is -0.468 e. The number of esters is 2. The highest BCUT2D eigenvalue weighted by Crippen LogP contribution is 2.40. The van der Waals surface area contributed by atoms with Crippen LogP contribution in [0.3, 0.4) is 0 Å². The van der Waals surface area contributed by atoms with Gasteiger partial charge in [-0.25, -0.2) is 4.79 Å². The molecule has 11 heteroatoms. The molecule has 0 spiro atoms. The first-order valence-electron chi connectivity index (χ1n) is 15.9. The zero-order valence-electron chi connectivity index (χ0n) is 30.1. The minimum absolute atomic E-state index is 0.217. The van der Waals surface area contributed by atoms with E-state index in [0.29, 0.717) is 18.7 Å². The first-order chi connectivity index (χ1) is 21.6. The van der Waals surface area contributed by atoms with Gasteiger partial charge in [-0.2, -0.15) is 0 Å². The number of rotatable bonds is 11. The lowest BCUT2D eigenvalue weighted by molar-refractivity contribution is -0.148. The molecule has 2 aromatic rings. The van der Waals surface area contributed by atoms with Crippen molar-refractivity contribution in [1.29, 1.82) is 0 Å². The maximum Gasteiger partial charge on any atom is 0.486 e. The molecule has 1 unspecified atom stereocenters. The third kappa shape index (κ3) is 9.67. The molecule has 0 saturated carbocycles. The van der Waals surface area contributed by atoms with Crippen LogP contribution in [0.15, 0.2) is 48.5 Å². The fraction of sp³-hybridized carbons (Fsp3) is 0.556. The number of hydrogen-bond donors (Lipinski definition) is 0. The molecule has 1 atom stereocenters. The van der Waals surface area contributed by atoms with E-state index in [1.165, 1.54) is 14.2 Å². The minimum atomic E-state index is -0.846. The maximum atomic E-state index is 13.5. The van der Waals surface area contributed by atoms with Gasteiger partial charge in [-0.05, 0) is 93.4 Å². The average Bonchev–Trinajstić information content (AvgIpc) is 3.22. The van der Waals surface area contributed by atoms with Gasteiger partial charge in [-0.15, -0.1) is 0 Å². The van der Waals surface area contributed by atoms with Gasteiger partial charge >= 0.3 is 25.2 Å². The van der Waals surface area contributed by atoms with Crippen molar-refractivity contribution >= 4 is 42.1 Å². The SMILES string of the molecule is COC(=O)C(C)(C)/C=C/B1OC(C)(C)C(C)(CCN(Cc2ccc3ccc(/C=C/C(C)(C)C(=O)OC)cc3n2)C(=O)OC(C)(C)C)O1. The van der Waals surface area contributed by atoms with Crippen LogP contribution in [-0.4, -0.2) is 72.6 Å². The summed E-state index contributed by atoms with van der Waals surface area (Å²) in [5.41, 5.74) is -1.45. The van der Waals surface area contributed by atoms with Gasteiger partial charge in [0, 0.05) is 11.9 Å². The summed E-state index contributed by atoms with van der Waals surface area (Å²) in [6.45, 7) is 19.0. The lowest BCUT2D eigenvalue weighted by Crippen LogP contribution is -2.48. The van der Waals surface area contributed by atoms with Gasteiger partial charge in [0.1, 0.15) is 5.60 Å². The molecule has 47 heavy (non-hydrogen) atoms. The summed E-state index contributed by atoms with van der Waals surface area (Å²) < 4.78 is 28.2. The number of ether oxygens (including phenoxy) is 3. The number of nitrogens with zero attached hydrogens (tertiary/aromatic N) is 2. The molecule has 1 aliphatic heterocycles. The second-order valence-electron chi connectivity index (χ2n) is 14.9. The Morgan fingerprint density at radius 1 is 0.894 bits per heavy atom. The zero-order valence-corrected chi connectivity index (χ0v) is 30.1. The fourth-order valence-corrected chi connectivity index (χ4v) is 5.04. The second kappa shape index (κ2) is 14.2. The second-order valence-corrected chi connectivity index (χ2v) is 14.9. The summed E-state index contributed by atoms with van der Waals surface area (Å²) in [5.74, 6) is 1.05. The number of carbonyl (C=O) groups is 3. The summed E-state index contributed by atoms with van der Waals surface area (Å²) in [6, 6.07) is 9.76. The van der Waals surface area contributed by atoms with Crippen LogP contribution >= 0.6 is 0 Å². The van der Waals surface area contributed by atoms with Crippen molar-refractivity contribution in [2.45, 2.75) is 99.0 Å². The van der Waals surface area contributed by atoms with Crippen LogP contribution in [0, 0.1) is 10.8 Å². The van der Waals surface area contributed by atoms with Gasteiger partial charge in [0.25, 0.3) is 0 Å². The summed E-state index contributed by atoms with van der Waals surface area (Å²) in [7, 11) is 2.05. The van der Waals surface area contributed by atoms with Gasteiger partial charge in [-0.3, -0.25) is 14.6 Å². The molecule has 1 amide bonds. The third-order valence-electron chi connectivity index (χ3n) is 8.48. The quantitative estimate of drug-likeness (QED) is 0.145. The summed E-state index contributed by atoms with van der Waals surface area (Å²) in [5, 5.41) is 0.946. The van der Waals surface area contributed by atoms with E-state index < -0.39 is 40.8 Å². The highest BCUT2D eigenvalue weighted by atomic mass is 16.7. The van der Waals surface area contributed by atoms with Crippen LogP contribution in [0.1, 0.15) is 86.9 Å². The molecule has 2 heterocycles. The van der Waals surface area contributed by atoms with Gasteiger partial charge in [0.05, 0.1) is 54.0 Å². The maximum absolute atomic E-state index is 13.5. The van der Waals surface area contributed by atoms with E-state index in [4.69, 9.17) is 28.5 Å². The zero-order chi connectivity index (χ0) is 35.4. The molecule has 1 aliphatic rings. The molecule has 0 radical (unpaired) electrons. The van der Waals surface area contributed by atoms with Crippen molar-refractivity contribution in [3.63, 3.8) is 0 Å². The number of hydrogen-bond acceptors (Lipinski definition) is 9. The van der Waals surface area contributed by atoms with Crippen LogP contribution in [0.4, 0.5) is 4.79 Å².